The zero-order valence-corrected chi connectivity index (χ0v) is 21.0. The van der Waals surface area contributed by atoms with Crippen LogP contribution in [0, 0.1) is 0 Å². The Labute approximate surface area is 226 Å². The molecule has 8 aromatic rings. The van der Waals surface area contributed by atoms with E-state index in [2.05, 4.69) is 40.9 Å². The summed E-state index contributed by atoms with van der Waals surface area (Å²) in [6.07, 6.45) is -2.44. The van der Waals surface area contributed by atoms with E-state index in [-0.39, 0.29) is 11.0 Å². The van der Waals surface area contributed by atoms with Gasteiger partial charge in [0.25, 0.3) is 0 Å². The molecule has 0 spiro atoms. The topological polar surface area (TPSA) is 22.2 Å². The molecular formula is C34H20F3N3. The van der Waals surface area contributed by atoms with Crippen molar-refractivity contribution in [1.29, 1.82) is 0 Å². The smallest absolute Gasteiger partial charge is 0.298 e. The quantitative estimate of drug-likeness (QED) is 0.205. The summed E-state index contributed by atoms with van der Waals surface area (Å²) in [6.45, 7) is 0. The summed E-state index contributed by atoms with van der Waals surface area (Å²) < 4.78 is 44.3. The van der Waals surface area contributed by atoms with Crippen molar-refractivity contribution in [3.05, 3.63) is 121 Å². The number of halogens is 3. The van der Waals surface area contributed by atoms with Crippen molar-refractivity contribution in [3.8, 4) is 22.4 Å². The number of pyridine rings is 1. The van der Waals surface area contributed by atoms with E-state index >= 15 is 0 Å². The van der Waals surface area contributed by atoms with Crippen LogP contribution in [-0.4, -0.2) is 14.0 Å². The molecule has 0 atom stereocenters. The van der Waals surface area contributed by atoms with Gasteiger partial charge in [0, 0.05) is 33.3 Å². The molecule has 0 unspecified atom stereocenters. The highest BCUT2D eigenvalue weighted by atomic mass is 19.4. The van der Waals surface area contributed by atoms with Crippen LogP contribution < -0.4 is 0 Å². The molecule has 192 valence electrons. The van der Waals surface area contributed by atoms with Crippen molar-refractivity contribution in [2.45, 2.75) is 6.30 Å². The van der Waals surface area contributed by atoms with Crippen LogP contribution in [-0.2, 0) is 6.30 Å². The van der Waals surface area contributed by atoms with Gasteiger partial charge < -0.3 is 0 Å². The van der Waals surface area contributed by atoms with Crippen molar-refractivity contribution < 1.29 is 13.2 Å². The number of aromatic nitrogens is 3. The molecular weight excluding hydrogens is 507 g/mol. The van der Waals surface area contributed by atoms with E-state index in [1.165, 1.54) is 16.8 Å². The summed E-state index contributed by atoms with van der Waals surface area (Å²) in [4.78, 5) is 5.02. The molecule has 0 aliphatic carbocycles. The fraction of sp³-hybridized carbons (Fsp3) is 0.0294. The van der Waals surface area contributed by atoms with Gasteiger partial charge in [-0.25, -0.2) is 4.98 Å². The number of alkyl halides is 3. The number of imidazole rings is 1. The van der Waals surface area contributed by atoms with Crippen molar-refractivity contribution in [2.24, 2.45) is 0 Å². The fourth-order valence-electron chi connectivity index (χ4n) is 5.98. The van der Waals surface area contributed by atoms with E-state index in [1.807, 2.05) is 48.5 Å². The second kappa shape index (κ2) is 8.20. The average Bonchev–Trinajstić information content (AvgIpc) is 3.58. The monoisotopic (exact) mass is 527 g/mol. The number of benzene rings is 5. The summed E-state index contributed by atoms with van der Waals surface area (Å²) in [6, 6.07) is 36.5. The van der Waals surface area contributed by atoms with E-state index in [0.717, 1.165) is 38.9 Å². The molecule has 3 nitrogen and oxygen atoms in total. The average molecular weight is 528 g/mol. The Kier molecular flexibility index (Phi) is 4.68. The first kappa shape index (κ1) is 22.8. The Morgan fingerprint density at radius 3 is 1.77 bits per heavy atom. The number of fused-ring (bicyclic) bond motifs is 9. The second-order valence-corrected chi connectivity index (χ2v) is 10.0. The highest BCUT2D eigenvalue weighted by Gasteiger charge is 2.34. The van der Waals surface area contributed by atoms with Crippen LogP contribution in [0.15, 0.2) is 121 Å². The molecule has 0 saturated carbocycles. The third-order valence-corrected chi connectivity index (χ3v) is 7.77. The maximum Gasteiger partial charge on any atom is 0.489 e. The first-order valence-corrected chi connectivity index (χ1v) is 13.0. The minimum Gasteiger partial charge on any atom is -0.298 e. The van der Waals surface area contributed by atoms with Crippen LogP contribution in [0.25, 0.3) is 71.5 Å². The van der Waals surface area contributed by atoms with Crippen LogP contribution in [0.1, 0.15) is 0 Å². The standard InChI is InChI=1S/C34H20F3N3/c35-34(36,37)40-31-12-6-4-9-26(31)28-19-23(17-18-32(28)40)21-13-15-22(16-14-21)29-20-39-30-11-5-3-8-25(30)24-7-1-2-10-27(24)33(39)38-29/h1-20H. The molecule has 0 aliphatic rings. The summed E-state index contributed by atoms with van der Waals surface area (Å²) in [5, 5.41) is 4.59. The van der Waals surface area contributed by atoms with Gasteiger partial charge >= 0.3 is 6.30 Å². The number of rotatable bonds is 2. The Balaban J connectivity index is 1.25. The Bertz CT molecular complexity index is 2180. The summed E-state index contributed by atoms with van der Waals surface area (Å²) in [5.41, 5.74) is 5.91. The highest BCUT2D eigenvalue weighted by molar-refractivity contribution is 6.12. The molecule has 0 saturated heterocycles. The molecule has 3 heterocycles. The molecule has 5 aromatic carbocycles. The third-order valence-electron chi connectivity index (χ3n) is 7.77. The van der Waals surface area contributed by atoms with Crippen LogP contribution in [0.4, 0.5) is 13.2 Å². The lowest BCUT2D eigenvalue weighted by Gasteiger charge is -2.11. The van der Waals surface area contributed by atoms with Crippen molar-refractivity contribution in [1.82, 2.24) is 14.0 Å². The molecule has 0 radical (unpaired) electrons. The number of para-hydroxylation sites is 2. The molecule has 0 bridgehead atoms. The van der Waals surface area contributed by atoms with Crippen molar-refractivity contribution >= 4 is 49.1 Å². The van der Waals surface area contributed by atoms with Crippen molar-refractivity contribution in [2.75, 3.05) is 0 Å². The molecule has 40 heavy (non-hydrogen) atoms. The normalized spacial score (nSPS) is 12.4. The maximum absolute atomic E-state index is 13.9. The first-order chi connectivity index (χ1) is 19.5. The zero-order valence-electron chi connectivity index (χ0n) is 21.0. The van der Waals surface area contributed by atoms with Crippen LogP contribution in [0.5, 0.6) is 0 Å². The molecule has 3 aromatic heterocycles. The molecule has 0 N–H and O–H groups in total. The Morgan fingerprint density at radius 2 is 1.05 bits per heavy atom. The predicted octanol–water partition coefficient (Wildman–Crippen LogP) is 9.56. The van der Waals surface area contributed by atoms with Crippen LogP contribution in [0.3, 0.4) is 0 Å². The zero-order chi connectivity index (χ0) is 27.0. The molecule has 6 heteroatoms. The van der Waals surface area contributed by atoms with Gasteiger partial charge in [-0.15, -0.1) is 13.2 Å². The van der Waals surface area contributed by atoms with Crippen molar-refractivity contribution in [3.63, 3.8) is 0 Å². The summed E-state index contributed by atoms with van der Waals surface area (Å²) in [7, 11) is 0. The van der Waals surface area contributed by atoms with Gasteiger partial charge in [0.05, 0.1) is 22.2 Å². The SMILES string of the molecule is FC(F)(F)n1c2ccccc2c2cc(-c3ccc(-c4cn5c6ccccc6c6ccccc6c5n4)cc3)ccc21. The minimum absolute atomic E-state index is 0.151. The highest BCUT2D eigenvalue weighted by Crippen LogP contribution is 2.39. The lowest BCUT2D eigenvalue weighted by Crippen LogP contribution is -2.15. The number of hydrogen-bond acceptors (Lipinski definition) is 1. The number of nitrogens with zero attached hydrogens (tertiary/aromatic N) is 3. The lowest BCUT2D eigenvalue weighted by atomic mass is 10.0. The largest absolute Gasteiger partial charge is 0.489 e. The van der Waals surface area contributed by atoms with Crippen LogP contribution in [0.2, 0.25) is 0 Å². The molecule has 8 rings (SSSR count). The Hall–Kier alpha value is -5.10. The molecule has 0 fully saturated rings. The Morgan fingerprint density at radius 1 is 0.500 bits per heavy atom. The second-order valence-electron chi connectivity index (χ2n) is 10.0. The van der Waals surface area contributed by atoms with Gasteiger partial charge in [-0.1, -0.05) is 91.0 Å². The minimum atomic E-state index is -4.50. The maximum atomic E-state index is 13.9. The summed E-state index contributed by atoms with van der Waals surface area (Å²) >= 11 is 0. The van der Waals surface area contributed by atoms with Gasteiger partial charge in [-0.3, -0.25) is 8.97 Å². The van der Waals surface area contributed by atoms with E-state index in [0.29, 0.717) is 15.3 Å². The van der Waals surface area contributed by atoms with Crippen LogP contribution >= 0.6 is 0 Å². The van der Waals surface area contributed by atoms with Gasteiger partial charge in [-0.2, -0.15) is 0 Å². The van der Waals surface area contributed by atoms with E-state index in [9.17, 15) is 13.2 Å². The summed E-state index contributed by atoms with van der Waals surface area (Å²) in [5.74, 6) is 0. The predicted molar refractivity (Wildman–Crippen MR) is 155 cm³/mol. The number of hydrogen-bond donors (Lipinski definition) is 0. The lowest BCUT2D eigenvalue weighted by molar-refractivity contribution is -0.197. The van der Waals surface area contributed by atoms with Gasteiger partial charge in [-0.05, 0) is 40.8 Å². The van der Waals surface area contributed by atoms with Gasteiger partial charge in [0.2, 0.25) is 0 Å². The molecule has 0 amide bonds. The third kappa shape index (κ3) is 3.29. The van der Waals surface area contributed by atoms with Gasteiger partial charge in [0.1, 0.15) is 5.65 Å². The fourth-order valence-corrected chi connectivity index (χ4v) is 5.98. The van der Waals surface area contributed by atoms with E-state index in [4.69, 9.17) is 4.98 Å². The first-order valence-electron chi connectivity index (χ1n) is 13.0. The molecule has 0 aliphatic heterocycles. The van der Waals surface area contributed by atoms with E-state index < -0.39 is 6.30 Å². The van der Waals surface area contributed by atoms with E-state index in [1.54, 1.807) is 30.3 Å². The van der Waals surface area contributed by atoms with Gasteiger partial charge in [0.15, 0.2) is 0 Å².